The van der Waals surface area contributed by atoms with Gasteiger partial charge in [0.25, 0.3) is 0 Å². The topological polar surface area (TPSA) is 56.3 Å². The van der Waals surface area contributed by atoms with Crippen LogP contribution in [0, 0.1) is 6.92 Å². The summed E-state index contributed by atoms with van der Waals surface area (Å²) in [6.07, 6.45) is 6.73. The second-order valence-electron chi connectivity index (χ2n) is 5.23. The molecule has 1 unspecified atom stereocenters. The molecule has 0 amide bonds. The standard InChI is InChI=1S/C13H19N3O2/c1-10-7-15-12(16-8-10)18-11-6-13(17-9-11)2-4-14-5-3-13/h7-8,11,14H,2-6,9H2,1H3. The molecule has 0 radical (unpaired) electrons. The largest absolute Gasteiger partial charge is 0.458 e. The van der Waals surface area contributed by atoms with Gasteiger partial charge < -0.3 is 14.8 Å². The summed E-state index contributed by atoms with van der Waals surface area (Å²) in [7, 11) is 0. The van der Waals surface area contributed by atoms with E-state index in [0.29, 0.717) is 12.6 Å². The number of nitrogens with zero attached hydrogens (tertiary/aromatic N) is 2. The smallest absolute Gasteiger partial charge is 0.316 e. The van der Waals surface area contributed by atoms with Crippen LogP contribution in [-0.4, -0.2) is 41.4 Å². The quantitative estimate of drug-likeness (QED) is 0.850. The highest BCUT2D eigenvalue weighted by Gasteiger charge is 2.42. The summed E-state index contributed by atoms with van der Waals surface area (Å²) in [6, 6.07) is 0.459. The van der Waals surface area contributed by atoms with Crippen molar-refractivity contribution in [1.29, 1.82) is 0 Å². The lowest BCUT2D eigenvalue weighted by atomic mass is 9.89. The van der Waals surface area contributed by atoms with E-state index < -0.39 is 0 Å². The normalized spacial score (nSPS) is 26.4. The van der Waals surface area contributed by atoms with Gasteiger partial charge in [-0.05, 0) is 38.4 Å². The van der Waals surface area contributed by atoms with E-state index >= 15 is 0 Å². The average Bonchev–Trinajstić information content (AvgIpc) is 2.76. The Morgan fingerprint density at radius 2 is 2.06 bits per heavy atom. The number of piperidine rings is 1. The average molecular weight is 249 g/mol. The molecule has 3 rings (SSSR count). The van der Waals surface area contributed by atoms with E-state index in [1.54, 1.807) is 12.4 Å². The van der Waals surface area contributed by atoms with Gasteiger partial charge in [-0.2, -0.15) is 0 Å². The van der Waals surface area contributed by atoms with Crippen LogP contribution in [-0.2, 0) is 4.74 Å². The van der Waals surface area contributed by atoms with Crippen LogP contribution >= 0.6 is 0 Å². The third kappa shape index (κ3) is 2.47. The lowest BCUT2D eigenvalue weighted by molar-refractivity contribution is -0.0206. The molecule has 3 heterocycles. The van der Waals surface area contributed by atoms with E-state index in [0.717, 1.165) is 37.9 Å². The van der Waals surface area contributed by atoms with Crippen molar-refractivity contribution in [3.63, 3.8) is 0 Å². The summed E-state index contributed by atoms with van der Waals surface area (Å²) in [5.41, 5.74) is 1.07. The third-order valence-corrected chi connectivity index (χ3v) is 3.72. The Hall–Kier alpha value is -1.20. The van der Waals surface area contributed by atoms with Crippen molar-refractivity contribution in [3.8, 4) is 6.01 Å². The molecular formula is C13H19N3O2. The van der Waals surface area contributed by atoms with Crippen LogP contribution in [0.1, 0.15) is 24.8 Å². The van der Waals surface area contributed by atoms with Gasteiger partial charge in [-0.25, -0.2) is 9.97 Å². The lowest BCUT2D eigenvalue weighted by Gasteiger charge is -2.32. The van der Waals surface area contributed by atoms with Crippen molar-refractivity contribution in [2.24, 2.45) is 0 Å². The molecule has 1 atom stereocenters. The molecule has 5 nitrogen and oxygen atoms in total. The predicted octanol–water partition coefficient (Wildman–Crippen LogP) is 1.07. The Morgan fingerprint density at radius 3 is 2.78 bits per heavy atom. The minimum Gasteiger partial charge on any atom is -0.458 e. The molecule has 98 valence electrons. The van der Waals surface area contributed by atoms with Crippen LogP contribution in [0.15, 0.2) is 12.4 Å². The summed E-state index contributed by atoms with van der Waals surface area (Å²) >= 11 is 0. The number of nitrogens with one attached hydrogen (secondary N) is 1. The fourth-order valence-corrected chi connectivity index (χ4v) is 2.70. The number of aromatic nitrogens is 2. The van der Waals surface area contributed by atoms with Crippen molar-refractivity contribution >= 4 is 0 Å². The van der Waals surface area contributed by atoms with Crippen molar-refractivity contribution in [1.82, 2.24) is 15.3 Å². The zero-order valence-corrected chi connectivity index (χ0v) is 10.7. The summed E-state index contributed by atoms with van der Waals surface area (Å²) < 4.78 is 11.8. The number of ether oxygens (including phenoxy) is 2. The third-order valence-electron chi connectivity index (χ3n) is 3.72. The number of hydrogen-bond acceptors (Lipinski definition) is 5. The second kappa shape index (κ2) is 4.82. The van der Waals surface area contributed by atoms with E-state index in [1.807, 2.05) is 6.92 Å². The molecule has 1 spiro atoms. The van der Waals surface area contributed by atoms with E-state index in [9.17, 15) is 0 Å². The van der Waals surface area contributed by atoms with E-state index in [-0.39, 0.29) is 11.7 Å². The van der Waals surface area contributed by atoms with Crippen molar-refractivity contribution < 1.29 is 9.47 Å². The SMILES string of the molecule is Cc1cnc(OC2COC3(CCNCC3)C2)nc1. The monoisotopic (exact) mass is 249 g/mol. The van der Waals surface area contributed by atoms with Gasteiger partial charge in [-0.1, -0.05) is 0 Å². The maximum Gasteiger partial charge on any atom is 0.316 e. The molecule has 2 aliphatic rings. The zero-order chi connectivity index (χ0) is 12.4. The van der Waals surface area contributed by atoms with Crippen molar-refractivity contribution in [2.75, 3.05) is 19.7 Å². The van der Waals surface area contributed by atoms with Crippen LogP contribution in [0.4, 0.5) is 0 Å². The molecule has 1 N–H and O–H groups in total. The van der Waals surface area contributed by atoms with Gasteiger partial charge in [0.1, 0.15) is 6.10 Å². The molecule has 0 aliphatic carbocycles. The highest BCUT2D eigenvalue weighted by atomic mass is 16.6. The molecule has 2 aliphatic heterocycles. The first-order valence-corrected chi connectivity index (χ1v) is 6.56. The maximum absolute atomic E-state index is 5.97. The molecule has 5 heteroatoms. The molecule has 2 fully saturated rings. The Kier molecular flexibility index (Phi) is 3.18. The molecule has 18 heavy (non-hydrogen) atoms. The van der Waals surface area contributed by atoms with Crippen LogP contribution in [0.2, 0.25) is 0 Å². The molecular weight excluding hydrogens is 230 g/mol. The van der Waals surface area contributed by atoms with Gasteiger partial charge in [0, 0.05) is 18.8 Å². The van der Waals surface area contributed by atoms with Gasteiger partial charge in [0.2, 0.25) is 0 Å². The van der Waals surface area contributed by atoms with Gasteiger partial charge >= 0.3 is 6.01 Å². The summed E-state index contributed by atoms with van der Waals surface area (Å²) in [5, 5.41) is 3.36. The Bertz CT molecular complexity index is 401. The Labute approximate surface area is 107 Å². The molecule has 0 aromatic carbocycles. The van der Waals surface area contributed by atoms with Gasteiger partial charge in [0.15, 0.2) is 0 Å². The Balaban J connectivity index is 1.60. The minimum atomic E-state index is 0.0284. The summed E-state index contributed by atoms with van der Waals surface area (Å²) in [6.45, 7) is 4.69. The number of rotatable bonds is 2. The molecule has 2 saturated heterocycles. The van der Waals surface area contributed by atoms with Crippen molar-refractivity contribution in [3.05, 3.63) is 18.0 Å². The first-order chi connectivity index (χ1) is 8.76. The van der Waals surface area contributed by atoms with Gasteiger partial charge in [-0.15, -0.1) is 0 Å². The van der Waals surface area contributed by atoms with Crippen LogP contribution in [0.5, 0.6) is 6.01 Å². The van der Waals surface area contributed by atoms with Crippen LogP contribution in [0.3, 0.4) is 0 Å². The number of hydrogen-bond donors (Lipinski definition) is 1. The van der Waals surface area contributed by atoms with E-state index in [1.165, 1.54) is 0 Å². The summed E-state index contributed by atoms with van der Waals surface area (Å²) in [4.78, 5) is 8.35. The minimum absolute atomic E-state index is 0.0284. The highest BCUT2D eigenvalue weighted by molar-refractivity contribution is 5.05. The first-order valence-electron chi connectivity index (χ1n) is 6.56. The van der Waals surface area contributed by atoms with Gasteiger partial charge in [-0.3, -0.25) is 0 Å². The first kappa shape index (κ1) is 11.9. The molecule has 1 aromatic rings. The Morgan fingerprint density at radius 1 is 1.33 bits per heavy atom. The summed E-state index contributed by atoms with van der Waals surface area (Å²) in [5.74, 6) is 0. The lowest BCUT2D eigenvalue weighted by Crippen LogP contribution is -2.41. The predicted molar refractivity (Wildman–Crippen MR) is 66.6 cm³/mol. The number of aryl methyl sites for hydroxylation is 1. The fraction of sp³-hybridized carbons (Fsp3) is 0.692. The van der Waals surface area contributed by atoms with Gasteiger partial charge in [0.05, 0.1) is 12.2 Å². The van der Waals surface area contributed by atoms with Crippen LogP contribution < -0.4 is 10.1 Å². The van der Waals surface area contributed by atoms with E-state index in [2.05, 4.69) is 15.3 Å². The highest BCUT2D eigenvalue weighted by Crippen LogP contribution is 2.35. The van der Waals surface area contributed by atoms with Crippen LogP contribution in [0.25, 0.3) is 0 Å². The molecule has 1 aromatic heterocycles. The van der Waals surface area contributed by atoms with E-state index in [4.69, 9.17) is 9.47 Å². The fourth-order valence-electron chi connectivity index (χ4n) is 2.70. The molecule has 0 saturated carbocycles. The second-order valence-corrected chi connectivity index (χ2v) is 5.23. The zero-order valence-electron chi connectivity index (χ0n) is 10.7. The molecule has 0 bridgehead atoms. The van der Waals surface area contributed by atoms with Crippen molar-refractivity contribution in [2.45, 2.75) is 37.9 Å². The maximum atomic E-state index is 5.97.